The standard InChI is InChI=1S/C19H18F2N2O3S2/c1-25-14-7-6-12(10-15(14)26-18(20)21)8-9-22-17(24)11-27-19-23-13-4-2-3-5-16(13)28-19/h2-7,10,18H,8-9,11H2,1H3,(H,22,24). The lowest BCUT2D eigenvalue weighted by molar-refractivity contribution is -0.118. The Kier molecular flexibility index (Phi) is 7.05. The molecule has 1 heterocycles. The largest absolute Gasteiger partial charge is 0.493 e. The number of rotatable bonds is 9. The number of amides is 1. The molecule has 0 aliphatic rings. The molecule has 0 atom stereocenters. The maximum Gasteiger partial charge on any atom is 0.387 e. The fraction of sp³-hybridized carbons (Fsp3) is 0.263. The number of thiazole rings is 1. The summed E-state index contributed by atoms with van der Waals surface area (Å²) in [7, 11) is 1.39. The molecule has 3 aromatic rings. The van der Waals surface area contributed by atoms with Crippen LogP contribution >= 0.6 is 23.1 Å². The zero-order chi connectivity index (χ0) is 19.9. The van der Waals surface area contributed by atoms with E-state index in [4.69, 9.17) is 4.74 Å². The third-order valence-corrected chi connectivity index (χ3v) is 5.96. The molecule has 0 bridgehead atoms. The summed E-state index contributed by atoms with van der Waals surface area (Å²) < 4.78 is 36.4. The Morgan fingerprint density at radius 3 is 2.82 bits per heavy atom. The third-order valence-electron chi connectivity index (χ3n) is 3.78. The second-order valence-electron chi connectivity index (χ2n) is 5.70. The average Bonchev–Trinajstić information content (AvgIpc) is 3.09. The molecule has 148 valence electrons. The molecule has 0 aliphatic heterocycles. The molecule has 28 heavy (non-hydrogen) atoms. The number of carbonyl (C=O) groups is 1. The first-order valence-corrected chi connectivity index (χ1v) is 10.2. The van der Waals surface area contributed by atoms with Crippen LogP contribution in [0.2, 0.25) is 0 Å². The number of thioether (sulfide) groups is 1. The van der Waals surface area contributed by atoms with Crippen LogP contribution in [0.25, 0.3) is 10.2 Å². The lowest BCUT2D eigenvalue weighted by Crippen LogP contribution is -2.27. The molecule has 1 aromatic heterocycles. The van der Waals surface area contributed by atoms with Crippen LogP contribution < -0.4 is 14.8 Å². The molecule has 0 aliphatic carbocycles. The predicted octanol–water partition coefficient (Wildman–Crippen LogP) is 4.36. The molecular weight excluding hydrogens is 406 g/mol. The van der Waals surface area contributed by atoms with Crippen LogP contribution in [0.5, 0.6) is 11.5 Å². The fourth-order valence-corrected chi connectivity index (χ4v) is 4.40. The number of hydrogen-bond acceptors (Lipinski definition) is 6. The van der Waals surface area contributed by atoms with Crippen molar-refractivity contribution in [2.75, 3.05) is 19.4 Å². The van der Waals surface area contributed by atoms with Crippen molar-refractivity contribution in [2.24, 2.45) is 0 Å². The second kappa shape index (κ2) is 9.70. The normalized spacial score (nSPS) is 11.0. The predicted molar refractivity (Wildman–Crippen MR) is 107 cm³/mol. The Hall–Kier alpha value is -2.39. The van der Waals surface area contributed by atoms with Gasteiger partial charge in [0.15, 0.2) is 15.8 Å². The van der Waals surface area contributed by atoms with Crippen LogP contribution in [0.15, 0.2) is 46.8 Å². The monoisotopic (exact) mass is 424 g/mol. The summed E-state index contributed by atoms with van der Waals surface area (Å²) in [5.74, 6) is 0.372. The summed E-state index contributed by atoms with van der Waals surface area (Å²) in [5.41, 5.74) is 1.69. The average molecular weight is 424 g/mol. The summed E-state index contributed by atoms with van der Waals surface area (Å²) in [6.45, 7) is -2.54. The molecule has 0 spiro atoms. The Morgan fingerprint density at radius 1 is 1.25 bits per heavy atom. The zero-order valence-electron chi connectivity index (χ0n) is 15.0. The maximum atomic E-state index is 12.5. The number of nitrogens with zero attached hydrogens (tertiary/aromatic N) is 1. The van der Waals surface area contributed by atoms with Crippen molar-refractivity contribution in [3.63, 3.8) is 0 Å². The molecular formula is C19H18F2N2O3S2. The van der Waals surface area contributed by atoms with Gasteiger partial charge in [-0.05, 0) is 36.2 Å². The molecule has 0 fully saturated rings. The number of benzene rings is 2. The van der Waals surface area contributed by atoms with Gasteiger partial charge in [0.25, 0.3) is 0 Å². The molecule has 5 nitrogen and oxygen atoms in total. The van der Waals surface area contributed by atoms with Gasteiger partial charge in [-0.3, -0.25) is 4.79 Å². The molecule has 0 radical (unpaired) electrons. The van der Waals surface area contributed by atoms with Crippen LogP contribution in [0.4, 0.5) is 8.78 Å². The number of methoxy groups -OCH3 is 1. The molecule has 1 amide bonds. The topological polar surface area (TPSA) is 60.5 Å². The maximum absolute atomic E-state index is 12.5. The van der Waals surface area contributed by atoms with E-state index in [2.05, 4.69) is 15.0 Å². The van der Waals surface area contributed by atoms with Crippen molar-refractivity contribution < 1.29 is 23.0 Å². The van der Waals surface area contributed by atoms with Gasteiger partial charge in [0.1, 0.15) is 0 Å². The van der Waals surface area contributed by atoms with Gasteiger partial charge in [-0.2, -0.15) is 8.78 Å². The summed E-state index contributed by atoms with van der Waals surface area (Å²) in [6, 6.07) is 12.6. The molecule has 3 rings (SSSR count). The van der Waals surface area contributed by atoms with Gasteiger partial charge < -0.3 is 14.8 Å². The highest BCUT2D eigenvalue weighted by molar-refractivity contribution is 8.01. The van der Waals surface area contributed by atoms with Gasteiger partial charge in [-0.15, -0.1) is 11.3 Å². The highest BCUT2D eigenvalue weighted by Gasteiger charge is 2.12. The van der Waals surface area contributed by atoms with E-state index >= 15 is 0 Å². The number of aromatic nitrogens is 1. The van der Waals surface area contributed by atoms with Crippen molar-refractivity contribution in [2.45, 2.75) is 17.4 Å². The van der Waals surface area contributed by atoms with E-state index in [0.717, 1.165) is 20.1 Å². The van der Waals surface area contributed by atoms with E-state index in [1.165, 1.54) is 24.9 Å². The zero-order valence-corrected chi connectivity index (χ0v) is 16.6. The molecule has 0 saturated heterocycles. The second-order valence-corrected chi connectivity index (χ2v) is 7.95. The minimum absolute atomic E-state index is 0.0206. The molecule has 1 N–H and O–H groups in total. The molecule has 9 heteroatoms. The van der Waals surface area contributed by atoms with Crippen LogP contribution in [0.1, 0.15) is 5.56 Å². The van der Waals surface area contributed by atoms with Gasteiger partial charge in [-0.1, -0.05) is 30.0 Å². The first-order valence-electron chi connectivity index (χ1n) is 8.42. The van der Waals surface area contributed by atoms with E-state index in [9.17, 15) is 13.6 Å². The number of alkyl halides is 2. The van der Waals surface area contributed by atoms with E-state index in [0.29, 0.717) is 13.0 Å². The molecule has 0 unspecified atom stereocenters. The first-order chi connectivity index (χ1) is 13.5. The number of carbonyl (C=O) groups excluding carboxylic acids is 1. The smallest absolute Gasteiger partial charge is 0.387 e. The Labute approximate surface area is 169 Å². The highest BCUT2D eigenvalue weighted by atomic mass is 32.2. The molecule has 2 aromatic carbocycles. The van der Waals surface area contributed by atoms with Crippen LogP contribution in [0, 0.1) is 0 Å². The van der Waals surface area contributed by atoms with Gasteiger partial charge in [-0.25, -0.2) is 4.98 Å². The molecule has 0 saturated carbocycles. The van der Waals surface area contributed by atoms with Crippen molar-refractivity contribution in [3.8, 4) is 11.5 Å². The number of halogens is 2. The number of ether oxygens (including phenoxy) is 2. The van der Waals surface area contributed by atoms with Gasteiger partial charge in [0.05, 0.1) is 23.1 Å². The van der Waals surface area contributed by atoms with Crippen molar-refractivity contribution >= 4 is 39.2 Å². The van der Waals surface area contributed by atoms with Gasteiger partial charge in [0, 0.05) is 6.54 Å². The van der Waals surface area contributed by atoms with Crippen LogP contribution in [0.3, 0.4) is 0 Å². The lowest BCUT2D eigenvalue weighted by Gasteiger charge is -2.11. The number of fused-ring (bicyclic) bond motifs is 1. The van der Waals surface area contributed by atoms with Crippen molar-refractivity contribution in [1.29, 1.82) is 0 Å². The summed E-state index contributed by atoms with van der Waals surface area (Å²) >= 11 is 2.94. The third kappa shape index (κ3) is 5.56. The van der Waals surface area contributed by atoms with E-state index < -0.39 is 6.61 Å². The van der Waals surface area contributed by atoms with Crippen molar-refractivity contribution in [1.82, 2.24) is 10.3 Å². The number of para-hydroxylation sites is 1. The van der Waals surface area contributed by atoms with E-state index in [1.54, 1.807) is 23.5 Å². The summed E-state index contributed by atoms with van der Waals surface area (Å²) in [6.07, 6.45) is 0.487. The van der Waals surface area contributed by atoms with Gasteiger partial charge >= 0.3 is 6.61 Å². The minimum atomic E-state index is -2.93. The first kappa shape index (κ1) is 20.3. The quantitative estimate of drug-likeness (QED) is 0.517. The Morgan fingerprint density at radius 2 is 2.07 bits per heavy atom. The van der Waals surface area contributed by atoms with E-state index in [-0.39, 0.29) is 23.2 Å². The number of hydrogen-bond donors (Lipinski definition) is 1. The lowest BCUT2D eigenvalue weighted by atomic mass is 10.1. The highest BCUT2D eigenvalue weighted by Crippen LogP contribution is 2.30. The fourth-order valence-electron chi connectivity index (χ4n) is 2.50. The van der Waals surface area contributed by atoms with Crippen LogP contribution in [-0.4, -0.2) is 36.9 Å². The SMILES string of the molecule is COc1ccc(CCNC(=O)CSc2nc3ccccc3s2)cc1OC(F)F. The Balaban J connectivity index is 1.47. The summed E-state index contributed by atoms with van der Waals surface area (Å²) in [4.78, 5) is 16.5. The van der Waals surface area contributed by atoms with E-state index in [1.807, 2.05) is 24.3 Å². The van der Waals surface area contributed by atoms with Gasteiger partial charge in [0.2, 0.25) is 5.91 Å². The minimum Gasteiger partial charge on any atom is -0.493 e. The number of nitrogens with one attached hydrogen (secondary N) is 1. The van der Waals surface area contributed by atoms with Crippen molar-refractivity contribution in [3.05, 3.63) is 48.0 Å². The van der Waals surface area contributed by atoms with Crippen LogP contribution in [-0.2, 0) is 11.2 Å². The Bertz CT molecular complexity index is 917. The summed E-state index contributed by atoms with van der Waals surface area (Å²) in [5, 5.41) is 2.82.